The minimum absolute atomic E-state index is 0.197. The number of nitrogens with zero attached hydrogens (tertiary/aromatic N) is 3. The van der Waals surface area contributed by atoms with Gasteiger partial charge in [0.05, 0.1) is 20.0 Å². The summed E-state index contributed by atoms with van der Waals surface area (Å²) in [6.07, 6.45) is -0.279. The molecule has 2 aromatic rings. The number of thioether (sulfide) groups is 1. The smallest absolute Gasteiger partial charge is 0.316 e. The first-order chi connectivity index (χ1) is 11.6. The molecule has 0 spiro atoms. The van der Waals surface area contributed by atoms with E-state index in [1.54, 1.807) is 7.11 Å². The van der Waals surface area contributed by atoms with Crippen LogP contribution in [0.3, 0.4) is 0 Å². The molecule has 2 rings (SSSR count). The Kier molecular flexibility index (Phi) is 6.48. The maximum absolute atomic E-state index is 11.3. The summed E-state index contributed by atoms with van der Waals surface area (Å²) in [5.74, 6) is 2.10. The zero-order valence-electron chi connectivity index (χ0n) is 14.2. The van der Waals surface area contributed by atoms with E-state index in [2.05, 4.69) is 14.9 Å². The highest BCUT2D eigenvalue weighted by Crippen LogP contribution is 2.25. The largest absolute Gasteiger partial charge is 0.497 e. The molecule has 1 aromatic carbocycles. The number of esters is 1. The van der Waals surface area contributed by atoms with Crippen molar-refractivity contribution in [2.75, 3.05) is 20.0 Å². The van der Waals surface area contributed by atoms with Gasteiger partial charge in [0.25, 0.3) is 0 Å². The first-order valence-corrected chi connectivity index (χ1v) is 8.51. The van der Waals surface area contributed by atoms with Gasteiger partial charge in [-0.15, -0.1) is 10.2 Å². The van der Waals surface area contributed by atoms with Gasteiger partial charge in [-0.05, 0) is 38.1 Å². The molecule has 0 unspecified atom stereocenters. The van der Waals surface area contributed by atoms with Gasteiger partial charge in [-0.2, -0.15) is 0 Å². The average molecular weight is 351 g/mol. The van der Waals surface area contributed by atoms with Crippen LogP contribution in [0.5, 0.6) is 11.5 Å². The number of hydrogen-bond acceptors (Lipinski definition) is 7. The maximum Gasteiger partial charge on any atom is 0.316 e. The van der Waals surface area contributed by atoms with Crippen molar-refractivity contribution in [2.24, 2.45) is 0 Å². The molecule has 24 heavy (non-hydrogen) atoms. The van der Waals surface area contributed by atoms with Crippen LogP contribution in [-0.2, 0) is 16.1 Å². The van der Waals surface area contributed by atoms with E-state index in [9.17, 15) is 4.79 Å². The van der Waals surface area contributed by atoms with Crippen molar-refractivity contribution in [3.8, 4) is 11.5 Å². The standard InChI is InChI=1S/C16H21N3O4S/c1-5-19-15(17-18-16(19)24-10-14(20)22-4)11(2)23-13-8-6-12(21-3)7-9-13/h6-9,11H,5,10H2,1-4H3/t11-/m0/s1. The van der Waals surface area contributed by atoms with Crippen molar-refractivity contribution in [1.82, 2.24) is 14.8 Å². The highest BCUT2D eigenvalue weighted by atomic mass is 32.2. The lowest BCUT2D eigenvalue weighted by Gasteiger charge is -2.15. The lowest BCUT2D eigenvalue weighted by atomic mass is 10.3. The molecular weight excluding hydrogens is 330 g/mol. The average Bonchev–Trinajstić information content (AvgIpc) is 3.03. The summed E-state index contributed by atoms with van der Waals surface area (Å²) in [6, 6.07) is 7.36. The van der Waals surface area contributed by atoms with Gasteiger partial charge in [-0.25, -0.2) is 0 Å². The van der Waals surface area contributed by atoms with Crippen molar-refractivity contribution in [1.29, 1.82) is 0 Å². The van der Waals surface area contributed by atoms with Gasteiger partial charge in [-0.1, -0.05) is 11.8 Å². The van der Waals surface area contributed by atoms with Crippen LogP contribution in [0.15, 0.2) is 29.4 Å². The van der Waals surface area contributed by atoms with E-state index >= 15 is 0 Å². The number of hydrogen-bond donors (Lipinski definition) is 0. The van der Waals surface area contributed by atoms with Crippen LogP contribution in [0.25, 0.3) is 0 Å². The molecule has 0 aliphatic heterocycles. The molecular formula is C16H21N3O4S. The summed E-state index contributed by atoms with van der Waals surface area (Å²) in [7, 11) is 2.99. The molecule has 0 saturated carbocycles. The van der Waals surface area contributed by atoms with Crippen LogP contribution in [0, 0.1) is 0 Å². The van der Waals surface area contributed by atoms with Gasteiger partial charge in [0, 0.05) is 6.54 Å². The van der Waals surface area contributed by atoms with E-state index in [-0.39, 0.29) is 17.8 Å². The predicted molar refractivity (Wildman–Crippen MR) is 90.5 cm³/mol. The summed E-state index contributed by atoms with van der Waals surface area (Å²) >= 11 is 1.30. The second-order valence-electron chi connectivity index (χ2n) is 4.89. The molecule has 0 amide bonds. The van der Waals surface area contributed by atoms with Gasteiger partial charge >= 0.3 is 5.97 Å². The molecule has 0 bridgehead atoms. The highest BCUT2D eigenvalue weighted by Gasteiger charge is 2.19. The quantitative estimate of drug-likeness (QED) is 0.534. The molecule has 8 heteroatoms. The van der Waals surface area contributed by atoms with Crippen molar-refractivity contribution in [2.45, 2.75) is 31.7 Å². The van der Waals surface area contributed by atoms with Crippen molar-refractivity contribution >= 4 is 17.7 Å². The number of benzene rings is 1. The van der Waals surface area contributed by atoms with Crippen LogP contribution in [-0.4, -0.2) is 40.7 Å². The number of carbonyl (C=O) groups is 1. The molecule has 0 radical (unpaired) electrons. The van der Waals surface area contributed by atoms with E-state index < -0.39 is 0 Å². The fraction of sp³-hybridized carbons (Fsp3) is 0.438. The second kappa shape index (κ2) is 8.58. The van der Waals surface area contributed by atoms with Crippen LogP contribution in [0.2, 0.25) is 0 Å². The first kappa shape index (κ1) is 18.1. The third-order valence-electron chi connectivity index (χ3n) is 3.34. The predicted octanol–water partition coefficient (Wildman–Crippen LogP) is 2.71. The summed E-state index contributed by atoms with van der Waals surface area (Å²) in [5.41, 5.74) is 0. The molecule has 0 fully saturated rings. The normalized spacial score (nSPS) is 11.8. The van der Waals surface area contributed by atoms with Crippen LogP contribution in [0.4, 0.5) is 0 Å². The summed E-state index contributed by atoms with van der Waals surface area (Å²) in [6.45, 7) is 4.59. The van der Waals surface area contributed by atoms with E-state index in [0.29, 0.717) is 17.5 Å². The Morgan fingerprint density at radius 1 is 1.21 bits per heavy atom. The fourth-order valence-electron chi connectivity index (χ4n) is 2.10. The number of methoxy groups -OCH3 is 2. The lowest BCUT2D eigenvalue weighted by molar-refractivity contribution is -0.137. The number of ether oxygens (including phenoxy) is 3. The summed E-state index contributed by atoms with van der Waals surface area (Å²) in [5, 5.41) is 9.03. The molecule has 130 valence electrons. The minimum atomic E-state index is -0.297. The number of rotatable bonds is 8. The second-order valence-corrected chi connectivity index (χ2v) is 5.83. The van der Waals surface area contributed by atoms with Crippen molar-refractivity contribution in [3.63, 3.8) is 0 Å². The topological polar surface area (TPSA) is 75.5 Å². The molecule has 0 aliphatic rings. The first-order valence-electron chi connectivity index (χ1n) is 7.52. The zero-order chi connectivity index (χ0) is 17.5. The summed E-state index contributed by atoms with van der Waals surface area (Å²) in [4.78, 5) is 11.3. The Bertz CT molecular complexity index is 672. The Hall–Kier alpha value is -2.22. The molecule has 7 nitrogen and oxygen atoms in total. The van der Waals surface area contributed by atoms with Gasteiger partial charge in [0.15, 0.2) is 17.1 Å². The third-order valence-corrected chi connectivity index (χ3v) is 4.28. The van der Waals surface area contributed by atoms with Gasteiger partial charge in [0.2, 0.25) is 0 Å². The fourth-order valence-corrected chi connectivity index (χ4v) is 2.94. The Labute approximate surface area is 145 Å². The van der Waals surface area contributed by atoms with Crippen molar-refractivity contribution < 1.29 is 19.0 Å². The van der Waals surface area contributed by atoms with Crippen LogP contribution in [0.1, 0.15) is 25.8 Å². The van der Waals surface area contributed by atoms with Crippen molar-refractivity contribution in [3.05, 3.63) is 30.1 Å². The Balaban J connectivity index is 2.09. The highest BCUT2D eigenvalue weighted by molar-refractivity contribution is 7.99. The molecule has 0 N–H and O–H groups in total. The van der Waals surface area contributed by atoms with Crippen LogP contribution < -0.4 is 9.47 Å². The van der Waals surface area contributed by atoms with Gasteiger partial charge in [0.1, 0.15) is 11.5 Å². The third kappa shape index (κ3) is 4.41. The molecule has 1 heterocycles. The van der Waals surface area contributed by atoms with E-state index in [0.717, 1.165) is 11.5 Å². The van der Waals surface area contributed by atoms with Gasteiger partial charge in [-0.3, -0.25) is 4.79 Å². The van der Waals surface area contributed by atoms with E-state index in [4.69, 9.17) is 9.47 Å². The van der Waals surface area contributed by atoms with Crippen LogP contribution >= 0.6 is 11.8 Å². The molecule has 0 saturated heterocycles. The molecule has 1 aromatic heterocycles. The van der Waals surface area contributed by atoms with E-state index in [1.165, 1.54) is 18.9 Å². The lowest BCUT2D eigenvalue weighted by Crippen LogP contribution is -2.12. The van der Waals surface area contributed by atoms with E-state index in [1.807, 2.05) is 42.7 Å². The maximum atomic E-state index is 11.3. The van der Waals surface area contributed by atoms with Gasteiger partial charge < -0.3 is 18.8 Å². The Morgan fingerprint density at radius 3 is 2.46 bits per heavy atom. The summed E-state index contributed by atoms with van der Waals surface area (Å²) < 4.78 is 17.6. The minimum Gasteiger partial charge on any atom is -0.497 e. The number of carbonyl (C=O) groups excluding carboxylic acids is 1. The zero-order valence-corrected chi connectivity index (χ0v) is 15.0. The molecule has 0 aliphatic carbocycles. The SMILES string of the molecule is CCn1c(SCC(=O)OC)nnc1[C@H](C)Oc1ccc(OC)cc1. The number of aromatic nitrogens is 3. The Morgan fingerprint density at radius 2 is 1.88 bits per heavy atom. The monoisotopic (exact) mass is 351 g/mol. The molecule has 1 atom stereocenters.